The number of anilines is 3. The molecule has 0 radical (unpaired) electrons. The largest absolute Gasteiger partial charge is 0.343 e. The third-order valence-corrected chi connectivity index (χ3v) is 11.9. The van der Waals surface area contributed by atoms with Crippen LogP contribution in [0.25, 0.3) is 60.9 Å². The number of aromatic nitrogens is 2. The fourth-order valence-corrected chi connectivity index (χ4v) is 9.06. The maximum absolute atomic E-state index is 2.46. The number of benzene rings is 6. The van der Waals surface area contributed by atoms with E-state index in [1.165, 1.54) is 83.4 Å². The van der Waals surface area contributed by atoms with E-state index in [9.17, 15) is 0 Å². The Kier molecular flexibility index (Phi) is 6.49. The molecule has 2 aromatic heterocycles. The molecule has 0 spiro atoms. The second-order valence-electron chi connectivity index (χ2n) is 15.4. The second kappa shape index (κ2) is 11.3. The standard InChI is InChI=1S/C50H39N3/c1-50(2)46-14-8-6-12-42(46)43-26-25-40(30-47(43)50)52(39-23-18-34(19-24-39)36-28-41-32-51(41)31-36)38-21-16-33(17-22-38)35-20-27-49-45(29-35)44-13-7-9-15-48(44)53(49)37-10-4-3-5-11-37/h3-4,6-10,12-31H,5,11,32H2,1-2H3. The van der Waals surface area contributed by atoms with Crippen molar-refractivity contribution in [3.8, 4) is 33.4 Å². The van der Waals surface area contributed by atoms with Crippen molar-refractivity contribution in [3.63, 3.8) is 0 Å². The van der Waals surface area contributed by atoms with Crippen LogP contribution in [-0.4, -0.2) is 9.13 Å². The van der Waals surface area contributed by atoms with Gasteiger partial charge >= 0.3 is 0 Å². The molecule has 0 fully saturated rings. The number of fused-ring (bicyclic) bond motifs is 7. The molecule has 11 rings (SSSR count). The van der Waals surface area contributed by atoms with Crippen molar-refractivity contribution in [1.82, 2.24) is 9.13 Å². The average molecular weight is 682 g/mol. The zero-order valence-corrected chi connectivity index (χ0v) is 30.1. The molecule has 6 aromatic carbocycles. The Morgan fingerprint density at radius 1 is 0.566 bits per heavy atom. The van der Waals surface area contributed by atoms with Crippen LogP contribution in [0.5, 0.6) is 0 Å². The van der Waals surface area contributed by atoms with Gasteiger partial charge in [0.1, 0.15) is 0 Å². The summed E-state index contributed by atoms with van der Waals surface area (Å²) in [6, 6.07) is 52.3. The summed E-state index contributed by atoms with van der Waals surface area (Å²) in [6.45, 7) is 5.80. The molecular weight excluding hydrogens is 643 g/mol. The molecule has 0 amide bonds. The summed E-state index contributed by atoms with van der Waals surface area (Å²) in [4.78, 5) is 2.42. The van der Waals surface area contributed by atoms with Gasteiger partial charge in [0.15, 0.2) is 0 Å². The van der Waals surface area contributed by atoms with Crippen molar-refractivity contribution in [2.75, 3.05) is 4.90 Å². The van der Waals surface area contributed by atoms with Gasteiger partial charge in [-0.3, -0.25) is 0 Å². The van der Waals surface area contributed by atoms with Gasteiger partial charge in [-0.2, -0.15) is 0 Å². The molecule has 3 nitrogen and oxygen atoms in total. The van der Waals surface area contributed by atoms with E-state index in [-0.39, 0.29) is 5.41 Å². The highest BCUT2D eigenvalue weighted by molar-refractivity contribution is 6.11. The SMILES string of the molecule is CC1(C)c2ccccc2-c2ccc(N(c3ccc(-c4ccc5c(c4)c4ccccc4n5C4=CC=CCC4)cc3)c3ccc(-c4cc5n(c4)C5)cc3)cc21. The number of para-hydroxylation sites is 1. The Balaban J connectivity index is 1.00. The highest BCUT2D eigenvalue weighted by Crippen LogP contribution is 2.51. The van der Waals surface area contributed by atoms with Gasteiger partial charge in [0.05, 0.1) is 17.6 Å². The maximum atomic E-state index is 2.46. The van der Waals surface area contributed by atoms with Gasteiger partial charge in [-0.05, 0) is 124 Å². The van der Waals surface area contributed by atoms with E-state index in [2.05, 4.69) is 192 Å². The predicted molar refractivity (Wildman–Crippen MR) is 222 cm³/mol. The first kappa shape index (κ1) is 30.3. The summed E-state index contributed by atoms with van der Waals surface area (Å²) in [5.74, 6) is 0. The highest BCUT2D eigenvalue weighted by atomic mass is 15.1. The monoisotopic (exact) mass is 681 g/mol. The molecule has 0 bridgehead atoms. The number of hydrogen-bond acceptors (Lipinski definition) is 1. The molecule has 0 N–H and O–H groups in total. The van der Waals surface area contributed by atoms with Crippen LogP contribution in [-0.2, 0) is 12.0 Å². The van der Waals surface area contributed by atoms with Gasteiger partial charge < -0.3 is 14.0 Å². The smallest absolute Gasteiger partial charge is 0.0626 e. The zero-order valence-electron chi connectivity index (χ0n) is 30.1. The van der Waals surface area contributed by atoms with Crippen molar-refractivity contribution >= 4 is 44.6 Å². The second-order valence-corrected chi connectivity index (χ2v) is 15.4. The molecule has 2 aliphatic carbocycles. The summed E-state index contributed by atoms with van der Waals surface area (Å²) < 4.78 is 4.77. The molecule has 0 unspecified atom stereocenters. The van der Waals surface area contributed by atoms with Gasteiger partial charge in [-0.25, -0.2) is 0 Å². The minimum Gasteiger partial charge on any atom is -0.343 e. The van der Waals surface area contributed by atoms with Crippen LogP contribution in [0, 0.1) is 0 Å². The molecule has 3 heterocycles. The lowest BCUT2D eigenvalue weighted by Gasteiger charge is -2.28. The zero-order chi connectivity index (χ0) is 35.3. The van der Waals surface area contributed by atoms with Crippen LogP contribution in [0.1, 0.15) is 43.5 Å². The summed E-state index contributed by atoms with van der Waals surface area (Å²) in [5.41, 5.74) is 19.1. The van der Waals surface area contributed by atoms with Gasteiger partial charge in [-0.1, -0.05) is 105 Å². The Hall–Kier alpha value is -6.32. The van der Waals surface area contributed by atoms with Crippen molar-refractivity contribution in [3.05, 3.63) is 181 Å². The third-order valence-electron chi connectivity index (χ3n) is 11.9. The molecule has 1 aliphatic heterocycles. The molecular formula is C50H39N3. The lowest BCUT2D eigenvalue weighted by molar-refractivity contribution is 0.660. The van der Waals surface area contributed by atoms with Crippen LogP contribution in [0.4, 0.5) is 17.1 Å². The Morgan fingerprint density at radius 3 is 2.00 bits per heavy atom. The van der Waals surface area contributed by atoms with E-state index < -0.39 is 0 Å². The first-order valence-corrected chi connectivity index (χ1v) is 18.8. The van der Waals surface area contributed by atoms with Crippen LogP contribution in [0.15, 0.2) is 164 Å². The van der Waals surface area contributed by atoms with E-state index in [1.807, 2.05) is 0 Å². The van der Waals surface area contributed by atoms with Crippen LogP contribution in [0.2, 0.25) is 0 Å². The van der Waals surface area contributed by atoms with Crippen LogP contribution < -0.4 is 4.90 Å². The van der Waals surface area contributed by atoms with E-state index >= 15 is 0 Å². The van der Waals surface area contributed by atoms with Gasteiger partial charge in [-0.15, -0.1) is 0 Å². The maximum Gasteiger partial charge on any atom is 0.0626 e. The molecule has 3 aliphatic rings. The van der Waals surface area contributed by atoms with Crippen molar-refractivity contribution in [1.29, 1.82) is 0 Å². The van der Waals surface area contributed by atoms with Crippen molar-refractivity contribution in [2.24, 2.45) is 0 Å². The molecule has 53 heavy (non-hydrogen) atoms. The Labute approximate surface area is 310 Å². The van der Waals surface area contributed by atoms with E-state index in [0.29, 0.717) is 0 Å². The Bertz CT molecular complexity index is 2800. The Morgan fingerprint density at radius 2 is 1.25 bits per heavy atom. The van der Waals surface area contributed by atoms with Crippen LogP contribution in [0.3, 0.4) is 0 Å². The quantitative estimate of drug-likeness (QED) is 0.170. The molecule has 8 aromatic rings. The number of rotatable bonds is 6. The number of hydrogen-bond donors (Lipinski definition) is 0. The van der Waals surface area contributed by atoms with E-state index in [0.717, 1.165) is 30.8 Å². The minimum absolute atomic E-state index is 0.0774. The topological polar surface area (TPSA) is 13.1 Å². The van der Waals surface area contributed by atoms with Crippen molar-refractivity contribution < 1.29 is 0 Å². The van der Waals surface area contributed by atoms with Crippen LogP contribution >= 0.6 is 0 Å². The molecule has 0 atom stereocenters. The highest BCUT2D eigenvalue weighted by Gasteiger charge is 2.35. The summed E-state index contributed by atoms with van der Waals surface area (Å²) >= 11 is 0. The van der Waals surface area contributed by atoms with E-state index in [4.69, 9.17) is 0 Å². The first-order chi connectivity index (χ1) is 26.0. The molecule has 0 saturated heterocycles. The summed E-state index contributed by atoms with van der Waals surface area (Å²) in [5, 5.41) is 2.59. The fourth-order valence-electron chi connectivity index (χ4n) is 9.06. The first-order valence-electron chi connectivity index (χ1n) is 18.8. The molecule has 3 heteroatoms. The lowest BCUT2D eigenvalue weighted by Crippen LogP contribution is -2.16. The van der Waals surface area contributed by atoms with E-state index in [1.54, 1.807) is 0 Å². The third kappa shape index (κ3) is 4.73. The fraction of sp³-hybridized carbons (Fsp3) is 0.120. The predicted octanol–water partition coefficient (Wildman–Crippen LogP) is 13.3. The summed E-state index contributed by atoms with van der Waals surface area (Å²) in [7, 11) is 0. The van der Waals surface area contributed by atoms with Crippen molar-refractivity contribution in [2.45, 2.75) is 38.6 Å². The van der Waals surface area contributed by atoms with Gasteiger partial charge in [0.2, 0.25) is 0 Å². The molecule has 254 valence electrons. The number of allylic oxidation sites excluding steroid dienone is 4. The van der Waals surface area contributed by atoms with Gasteiger partial charge in [0.25, 0.3) is 0 Å². The summed E-state index contributed by atoms with van der Waals surface area (Å²) in [6.07, 6.45) is 11.1. The molecule has 0 saturated carbocycles. The number of nitrogens with zero attached hydrogens (tertiary/aromatic N) is 3. The lowest BCUT2D eigenvalue weighted by atomic mass is 9.82. The minimum atomic E-state index is -0.0774. The average Bonchev–Trinajstić information content (AvgIpc) is 3.57. The normalized spacial score (nSPS) is 14.9. The van der Waals surface area contributed by atoms with Gasteiger partial charge in [0, 0.05) is 50.8 Å².